The van der Waals surface area contributed by atoms with Gasteiger partial charge in [-0.2, -0.15) is 4.31 Å². The van der Waals surface area contributed by atoms with E-state index in [0.29, 0.717) is 24.6 Å². The van der Waals surface area contributed by atoms with Gasteiger partial charge in [0.15, 0.2) is 6.61 Å². The minimum Gasteiger partial charge on any atom is -0.496 e. The lowest BCUT2D eigenvalue weighted by Gasteiger charge is -2.17. The van der Waals surface area contributed by atoms with Crippen LogP contribution in [0.25, 0.3) is 0 Å². The van der Waals surface area contributed by atoms with Crippen molar-refractivity contribution < 1.29 is 22.7 Å². The standard InChI is InChI=1S/C21H26N2O5S/c1-16(19-7-3-4-8-20(19)27-2)22-21(24)15-28-17-9-11-18(12-10-17)29(25,26)23-13-5-6-14-23/h3-4,7-12,16H,5-6,13-15H2,1-2H3,(H,22,24)/t16-/m1/s1. The van der Waals surface area contributed by atoms with E-state index < -0.39 is 10.0 Å². The molecule has 1 aliphatic heterocycles. The number of ether oxygens (including phenoxy) is 2. The molecule has 0 spiro atoms. The summed E-state index contributed by atoms with van der Waals surface area (Å²) in [6.07, 6.45) is 1.78. The van der Waals surface area contributed by atoms with Gasteiger partial charge in [-0.25, -0.2) is 8.42 Å². The number of carbonyl (C=O) groups excluding carboxylic acids is 1. The van der Waals surface area contributed by atoms with Crippen molar-refractivity contribution in [3.63, 3.8) is 0 Å². The Labute approximate surface area is 171 Å². The Hall–Kier alpha value is -2.58. The van der Waals surface area contributed by atoms with Gasteiger partial charge in [0.25, 0.3) is 5.91 Å². The van der Waals surface area contributed by atoms with Crippen LogP contribution < -0.4 is 14.8 Å². The number of rotatable bonds is 8. The molecular formula is C21H26N2O5S. The number of hydrogen-bond donors (Lipinski definition) is 1. The van der Waals surface area contributed by atoms with E-state index in [9.17, 15) is 13.2 Å². The highest BCUT2D eigenvalue weighted by atomic mass is 32.2. The molecule has 0 bridgehead atoms. The molecule has 2 aromatic carbocycles. The molecule has 2 aromatic rings. The minimum atomic E-state index is -3.45. The average Bonchev–Trinajstić information content (AvgIpc) is 3.28. The monoisotopic (exact) mass is 418 g/mol. The number of nitrogens with one attached hydrogen (secondary N) is 1. The fourth-order valence-electron chi connectivity index (χ4n) is 3.32. The Morgan fingerprint density at radius 1 is 1.10 bits per heavy atom. The molecule has 1 heterocycles. The van der Waals surface area contributed by atoms with Gasteiger partial charge in [-0.3, -0.25) is 4.79 Å². The second-order valence-corrected chi connectivity index (χ2v) is 8.84. The lowest BCUT2D eigenvalue weighted by molar-refractivity contribution is -0.123. The third-order valence-corrected chi connectivity index (χ3v) is 6.79. The molecule has 1 atom stereocenters. The van der Waals surface area contributed by atoms with E-state index in [2.05, 4.69) is 5.32 Å². The molecule has 0 aliphatic carbocycles. The van der Waals surface area contributed by atoms with Crippen LogP contribution in [0.5, 0.6) is 11.5 Å². The number of methoxy groups -OCH3 is 1. The van der Waals surface area contributed by atoms with Crippen LogP contribution >= 0.6 is 0 Å². The molecule has 0 unspecified atom stereocenters. The topological polar surface area (TPSA) is 84.9 Å². The molecule has 156 valence electrons. The zero-order chi connectivity index (χ0) is 20.9. The Balaban J connectivity index is 1.55. The third kappa shape index (κ3) is 5.07. The van der Waals surface area contributed by atoms with Gasteiger partial charge in [0.05, 0.1) is 18.0 Å². The van der Waals surface area contributed by atoms with Gasteiger partial charge in [-0.15, -0.1) is 0 Å². The molecule has 1 saturated heterocycles. The predicted octanol–water partition coefficient (Wildman–Crippen LogP) is 2.74. The first kappa shape index (κ1) is 21.1. The largest absolute Gasteiger partial charge is 0.496 e. The zero-order valence-corrected chi connectivity index (χ0v) is 17.4. The van der Waals surface area contributed by atoms with Gasteiger partial charge in [0.2, 0.25) is 10.0 Å². The quantitative estimate of drug-likeness (QED) is 0.713. The van der Waals surface area contributed by atoms with E-state index in [1.807, 2.05) is 31.2 Å². The molecular weight excluding hydrogens is 392 g/mol. The van der Waals surface area contributed by atoms with Crippen molar-refractivity contribution >= 4 is 15.9 Å². The number of hydrogen-bond acceptors (Lipinski definition) is 5. The summed E-state index contributed by atoms with van der Waals surface area (Å²) in [5.74, 6) is 0.860. The highest BCUT2D eigenvalue weighted by molar-refractivity contribution is 7.89. The molecule has 1 aliphatic rings. The summed E-state index contributed by atoms with van der Waals surface area (Å²) in [7, 11) is -1.87. The van der Waals surface area contributed by atoms with E-state index in [0.717, 1.165) is 18.4 Å². The molecule has 8 heteroatoms. The van der Waals surface area contributed by atoms with Gasteiger partial charge in [-0.1, -0.05) is 18.2 Å². The molecule has 0 saturated carbocycles. The summed E-state index contributed by atoms with van der Waals surface area (Å²) in [5, 5.41) is 2.87. The third-order valence-electron chi connectivity index (χ3n) is 4.88. The van der Waals surface area contributed by atoms with Crippen molar-refractivity contribution in [3.8, 4) is 11.5 Å². The van der Waals surface area contributed by atoms with Crippen molar-refractivity contribution in [3.05, 3.63) is 54.1 Å². The van der Waals surface area contributed by atoms with Crippen LogP contribution in [-0.2, 0) is 14.8 Å². The molecule has 7 nitrogen and oxygen atoms in total. The van der Waals surface area contributed by atoms with Gasteiger partial charge in [-0.05, 0) is 50.1 Å². The summed E-state index contributed by atoms with van der Waals surface area (Å²) < 4.78 is 37.4. The minimum absolute atomic E-state index is 0.169. The van der Waals surface area contributed by atoms with E-state index in [1.54, 1.807) is 19.2 Å². The highest BCUT2D eigenvalue weighted by Crippen LogP contribution is 2.25. The van der Waals surface area contributed by atoms with E-state index >= 15 is 0 Å². The predicted molar refractivity (Wildman–Crippen MR) is 109 cm³/mol. The normalized spacial score (nSPS) is 15.7. The van der Waals surface area contributed by atoms with Crippen LogP contribution in [0.2, 0.25) is 0 Å². The van der Waals surface area contributed by atoms with Crippen molar-refractivity contribution in [2.75, 3.05) is 26.8 Å². The second kappa shape index (κ2) is 9.28. The first-order valence-corrected chi connectivity index (χ1v) is 11.0. The van der Waals surface area contributed by atoms with Gasteiger partial charge in [0, 0.05) is 18.7 Å². The van der Waals surface area contributed by atoms with E-state index in [4.69, 9.17) is 9.47 Å². The summed E-state index contributed by atoms with van der Waals surface area (Å²) in [5.41, 5.74) is 0.875. The van der Waals surface area contributed by atoms with E-state index in [-0.39, 0.29) is 23.5 Å². The molecule has 1 fully saturated rings. The molecule has 0 aromatic heterocycles. The highest BCUT2D eigenvalue weighted by Gasteiger charge is 2.27. The first-order valence-electron chi connectivity index (χ1n) is 9.57. The number of para-hydroxylation sites is 1. The number of benzene rings is 2. The smallest absolute Gasteiger partial charge is 0.258 e. The van der Waals surface area contributed by atoms with Crippen molar-refractivity contribution in [2.45, 2.75) is 30.7 Å². The lowest BCUT2D eigenvalue weighted by atomic mass is 10.1. The fraction of sp³-hybridized carbons (Fsp3) is 0.381. The molecule has 3 rings (SSSR count). The van der Waals surface area contributed by atoms with E-state index in [1.165, 1.54) is 16.4 Å². The summed E-state index contributed by atoms with van der Waals surface area (Å²) in [6.45, 7) is 2.82. The number of nitrogens with zero attached hydrogens (tertiary/aromatic N) is 1. The van der Waals surface area contributed by atoms with Crippen molar-refractivity contribution in [2.24, 2.45) is 0 Å². The van der Waals surface area contributed by atoms with Gasteiger partial charge >= 0.3 is 0 Å². The van der Waals surface area contributed by atoms with Crippen molar-refractivity contribution in [1.29, 1.82) is 0 Å². The Morgan fingerprint density at radius 3 is 2.41 bits per heavy atom. The molecule has 29 heavy (non-hydrogen) atoms. The Kier molecular flexibility index (Phi) is 6.76. The van der Waals surface area contributed by atoms with Gasteiger partial charge in [0.1, 0.15) is 11.5 Å². The Morgan fingerprint density at radius 2 is 1.76 bits per heavy atom. The number of sulfonamides is 1. The molecule has 0 radical (unpaired) electrons. The summed E-state index contributed by atoms with van der Waals surface area (Å²) in [4.78, 5) is 12.5. The molecule has 1 N–H and O–H groups in total. The number of amides is 1. The summed E-state index contributed by atoms with van der Waals surface area (Å²) in [6, 6.07) is 13.4. The van der Waals surface area contributed by atoms with Crippen molar-refractivity contribution in [1.82, 2.24) is 9.62 Å². The maximum Gasteiger partial charge on any atom is 0.258 e. The van der Waals surface area contributed by atoms with Gasteiger partial charge < -0.3 is 14.8 Å². The van der Waals surface area contributed by atoms with Crippen LogP contribution in [0, 0.1) is 0 Å². The number of carbonyl (C=O) groups is 1. The van der Waals surface area contributed by atoms with Crippen LogP contribution in [0.3, 0.4) is 0 Å². The van der Waals surface area contributed by atoms with Crippen LogP contribution in [0.1, 0.15) is 31.4 Å². The zero-order valence-electron chi connectivity index (χ0n) is 16.6. The Bertz CT molecular complexity index is 938. The second-order valence-electron chi connectivity index (χ2n) is 6.90. The fourth-order valence-corrected chi connectivity index (χ4v) is 4.84. The lowest BCUT2D eigenvalue weighted by Crippen LogP contribution is -2.31. The first-order chi connectivity index (χ1) is 13.9. The van der Waals surface area contributed by atoms with Crippen LogP contribution in [-0.4, -0.2) is 45.4 Å². The maximum atomic E-state index is 12.5. The average molecular weight is 419 g/mol. The van der Waals surface area contributed by atoms with Crippen LogP contribution in [0.15, 0.2) is 53.4 Å². The maximum absolute atomic E-state index is 12.5. The summed E-state index contributed by atoms with van der Waals surface area (Å²) >= 11 is 0. The molecule has 1 amide bonds. The van der Waals surface area contributed by atoms with Crippen LogP contribution in [0.4, 0.5) is 0 Å². The SMILES string of the molecule is COc1ccccc1[C@@H](C)NC(=O)COc1ccc(S(=O)(=O)N2CCCC2)cc1.